The van der Waals surface area contributed by atoms with Crippen LogP contribution in [0.1, 0.15) is 49.8 Å². The first kappa shape index (κ1) is 19.9. The highest BCUT2D eigenvalue weighted by molar-refractivity contribution is 9.12. The van der Waals surface area contributed by atoms with E-state index in [1.807, 2.05) is 13.8 Å². The van der Waals surface area contributed by atoms with Crippen molar-refractivity contribution < 1.29 is 0 Å². The summed E-state index contributed by atoms with van der Waals surface area (Å²) in [5, 5.41) is 7.16. The lowest BCUT2D eigenvalue weighted by atomic mass is 9.85. The number of benzene rings is 1. The molecule has 1 atom stereocenters. The molecule has 2 aliphatic heterocycles. The second-order valence-corrected chi connectivity index (χ2v) is 8.67. The number of aryl methyl sites for hydroxylation is 2. The standard InChI is InChI=1S/C20H22Br2N2.C2H6/c1-12-8-14-2-3-15-10-16(21)11-24-20(15)19(18(14)17(22)9-12)13-4-6-23-7-5-13;1-2/h8-11,20,23-24H,2-7H2,1H3;1-2H3. The molecule has 3 aliphatic rings. The summed E-state index contributed by atoms with van der Waals surface area (Å²) in [4.78, 5) is 0. The van der Waals surface area contributed by atoms with Crippen molar-refractivity contribution >= 4 is 37.4 Å². The molecule has 0 amide bonds. The van der Waals surface area contributed by atoms with Crippen molar-refractivity contribution in [3.05, 3.63) is 61.2 Å². The zero-order valence-electron chi connectivity index (χ0n) is 15.9. The van der Waals surface area contributed by atoms with E-state index in [4.69, 9.17) is 0 Å². The van der Waals surface area contributed by atoms with E-state index in [0.29, 0.717) is 6.04 Å². The summed E-state index contributed by atoms with van der Waals surface area (Å²) in [5.74, 6) is 0. The van der Waals surface area contributed by atoms with Crippen LogP contribution in [0.5, 0.6) is 0 Å². The van der Waals surface area contributed by atoms with Gasteiger partial charge in [-0.05, 0) is 102 Å². The first-order valence-electron chi connectivity index (χ1n) is 9.67. The normalized spacial score (nSPS) is 22.0. The molecule has 2 N–H and O–H groups in total. The van der Waals surface area contributed by atoms with Gasteiger partial charge in [0.25, 0.3) is 0 Å². The van der Waals surface area contributed by atoms with Crippen molar-refractivity contribution in [3.63, 3.8) is 0 Å². The number of fused-ring (bicyclic) bond motifs is 2. The maximum atomic E-state index is 3.88. The van der Waals surface area contributed by atoms with E-state index in [2.05, 4.69) is 73.8 Å². The van der Waals surface area contributed by atoms with Gasteiger partial charge in [-0.2, -0.15) is 0 Å². The van der Waals surface area contributed by atoms with Crippen LogP contribution in [0, 0.1) is 6.92 Å². The maximum Gasteiger partial charge on any atom is 0.0731 e. The molecule has 1 fully saturated rings. The molecule has 4 heteroatoms. The molecule has 4 rings (SSSR count). The fraction of sp³-hybridized carbons (Fsp3) is 0.455. The summed E-state index contributed by atoms with van der Waals surface area (Å²) in [6.07, 6.45) is 8.92. The molecule has 1 unspecified atom stereocenters. The second kappa shape index (κ2) is 8.90. The van der Waals surface area contributed by atoms with Crippen LogP contribution in [-0.4, -0.2) is 19.1 Å². The number of hydrogen-bond donors (Lipinski definition) is 2. The average Bonchev–Trinajstić information content (AvgIpc) is 2.81. The maximum absolute atomic E-state index is 3.88. The van der Waals surface area contributed by atoms with Crippen LogP contribution >= 0.6 is 31.9 Å². The van der Waals surface area contributed by atoms with E-state index in [9.17, 15) is 0 Å². The summed E-state index contributed by atoms with van der Waals surface area (Å²) in [6, 6.07) is 4.95. The van der Waals surface area contributed by atoms with E-state index in [1.54, 1.807) is 5.57 Å². The molecular weight excluding hydrogens is 452 g/mol. The molecule has 0 spiro atoms. The number of halogens is 2. The Labute approximate surface area is 174 Å². The minimum Gasteiger partial charge on any atom is -0.379 e. The fourth-order valence-electron chi connectivity index (χ4n) is 4.17. The molecule has 2 heterocycles. The molecule has 0 bridgehead atoms. The zero-order valence-corrected chi connectivity index (χ0v) is 19.1. The lowest BCUT2D eigenvalue weighted by Gasteiger charge is -2.30. The Morgan fingerprint density at radius 3 is 2.46 bits per heavy atom. The highest BCUT2D eigenvalue weighted by Gasteiger charge is 2.31. The first-order chi connectivity index (χ1) is 12.6. The van der Waals surface area contributed by atoms with Gasteiger partial charge in [0.1, 0.15) is 0 Å². The minimum atomic E-state index is 0.305. The number of allylic oxidation sites excluding steroid dienone is 2. The fourth-order valence-corrected chi connectivity index (χ4v) is 5.43. The minimum absolute atomic E-state index is 0.305. The van der Waals surface area contributed by atoms with Crippen LogP contribution in [0.25, 0.3) is 5.57 Å². The summed E-state index contributed by atoms with van der Waals surface area (Å²) in [6.45, 7) is 8.36. The van der Waals surface area contributed by atoms with Gasteiger partial charge in [-0.1, -0.05) is 41.4 Å². The third kappa shape index (κ3) is 4.02. The molecule has 0 aromatic heterocycles. The van der Waals surface area contributed by atoms with E-state index in [-0.39, 0.29) is 0 Å². The molecule has 1 saturated heterocycles. The third-order valence-corrected chi connectivity index (χ3v) is 6.31. The van der Waals surface area contributed by atoms with Gasteiger partial charge < -0.3 is 10.6 Å². The van der Waals surface area contributed by atoms with Crippen molar-refractivity contribution in [2.24, 2.45) is 0 Å². The van der Waals surface area contributed by atoms with Gasteiger partial charge in [-0.15, -0.1) is 0 Å². The Balaban J connectivity index is 0.000000948. The monoisotopic (exact) mass is 478 g/mol. The summed E-state index contributed by atoms with van der Waals surface area (Å²) >= 11 is 7.52. The largest absolute Gasteiger partial charge is 0.379 e. The van der Waals surface area contributed by atoms with Crippen molar-refractivity contribution in [1.29, 1.82) is 0 Å². The van der Waals surface area contributed by atoms with Crippen molar-refractivity contribution in [1.82, 2.24) is 10.6 Å². The van der Waals surface area contributed by atoms with Gasteiger partial charge in [0, 0.05) is 15.2 Å². The molecule has 2 nitrogen and oxygen atoms in total. The van der Waals surface area contributed by atoms with Gasteiger partial charge in [-0.3, -0.25) is 0 Å². The highest BCUT2D eigenvalue weighted by Crippen LogP contribution is 2.42. The summed E-state index contributed by atoms with van der Waals surface area (Å²) < 4.78 is 2.39. The molecule has 0 saturated carbocycles. The van der Waals surface area contributed by atoms with Crippen LogP contribution < -0.4 is 10.6 Å². The van der Waals surface area contributed by atoms with Crippen LogP contribution in [0.4, 0.5) is 0 Å². The SMILES string of the molecule is CC.Cc1cc(Br)c2c(c1)CCC1=CC(Br)=CNC1C2=C1CCNCC1. The predicted octanol–water partition coefficient (Wildman–Crippen LogP) is 6.00. The topological polar surface area (TPSA) is 24.1 Å². The number of piperidine rings is 1. The van der Waals surface area contributed by atoms with E-state index in [0.717, 1.165) is 43.3 Å². The lowest BCUT2D eigenvalue weighted by molar-refractivity contribution is 0.606. The number of nitrogens with one attached hydrogen (secondary N) is 2. The number of rotatable bonds is 0. The van der Waals surface area contributed by atoms with Gasteiger partial charge in [0.05, 0.1) is 6.04 Å². The summed E-state index contributed by atoms with van der Waals surface area (Å²) in [5.41, 5.74) is 8.86. The Kier molecular flexibility index (Phi) is 6.81. The lowest BCUT2D eigenvalue weighted by Crippen LogP contribution is -2.33. The Morgan fingerprint density at radius 1 is 1.00 bits per heavy atom. The van der Waals surface area contributed by atoms with Crippen molar-refractivity contribution in [2.45, 2.75) is 52.5 Å². The third-order valence-electron chi connectivity index (χ3n) is 5.23. The summed E-state index contributed by atoms with van der Waals surface area (Å²) in [7, 11) is 0. The Morgan fingerprint density at radius 2 is 1.73 bits per heavy atom. The number of hydrogen-bond acceptors (Lipinski definition) is 2. The van der Waals surface area contributed by atoms with Crippen LogP contribution in [0.3, 0.4) is 0 Å². The smallest absolute Gasteiger partial charge is 0.0731 e. The van der Waals surface area contributed by atoms with Gasteiger partial charge in [0.2, 0.25) is 0 Å². The average molecular weight is 480 g/mol. The highest BCUT2D eigenvalue weighted by atomic mass is 79.9. The first-order valence-corrected chi connectivity index (χ1v) is 11.3. The molecular formula is C22H28Br2N2. The Bertz CT molecular complexity index is 767. The Hall–Kier alpha value is -0.840. The van der Waals surface area contributed by atoms with E-state index in [1.165, 1.54) is 32.3 Å². The van der Waals surface area contributed by atoms with Gasteiger partial charge in [-0.25, -0.2) is 0 Å². The van der Waals surface area contributed by atoms with Crippen molar-refractivity contribution in [2.75, 3.05) is 13.1 Å². The quantitative estimate of drug-likeness (QED) is 0.476. The van der Waals surface area contributed by atoms with Crippen LogP contribution in [-0.2, 0) is 6.42 Å². The molecule has 1 aromatic rings. The van der Waals surface area contributed by atoms with E-state index >= 15 is 0 Å². The number of dihydropyridines is 1. The molecule has 140 valence electrons. The van der Waals surface area contributed by atoms with Gasteiger partial charge >= 0.3 is 0 Å². The molecule has 0 radical (unpaired) electrons. The second-order valence-electron chi connectivity index (χ2n) is 6.90. The van der Waals surface area contributed by atoms with Gasteiger partial charge in [0.15, 0.2) is 0 Å². The van der Waals surface area contributed by atoms with Crippen molar-refractivity contribution in [3.8, 4) is 0 Å². The molecule has 1 aliphatic carbocycles. The predicted molar refractivity (Wildman–Crippen MR) is 120 cm³/mol. The van der Waals surface area contributed by atoms with Crippen LogP contribution in [0.2, 0.25) is 0 Å². The van der Waals surface area contributed by atoms with E-state index < -0.39 is 0 Å². The molecule has 26 heavy (non-hydrogen) atoms. The zero-order chi connectivity index (χ0) is 18.7. The van der Waals surface area contributed by atoms with Crippen LogP contribution in [0.15, 0.2) is 44.5 Å². The molecule has 1 aromatic carbocycles.